The van der Waals surface area contributed by atoms with Gasteiger partial charge in [-0.3, -0.25) is 4.79 Å². The van der Waals surface area contributed by atoms with Crippen LogP contribution >= 0.6 is 0 Å². The number of aliphatic hydroxyl groups excluding tert-OH is 2. The van der Waals surface area contributed by atoms with E-state index in [0.717, 1.165) is 5.56 Å². The van der Waals surface area contributed by atoms with Gasteiger partial charge in [-0.15, -0.1) is 0 Å². The minimum atomic E-state index is -1.21. The Kier molecular flexibility index (Phi) is 5.49. The lowest BCUT2D eigenvalue weighted by molar-refractivity contribution is -0.130. The number of hydrogen-bond acceptors (Lipinski definition) is 3. The molecule has 4 nitrogen and oxygen atoms in total. The molecule has 2 atom stereocenters. The Morgan fingerprint density at radius 2 is 1.52 bits per heavy atom. The number of benzene rings is 2. The van der Waals surface area contributed by atoms with Gasteiger partial charge in [-0.25, -0.2) is 0 Å². The number of amides is 1. The SMILES string of the molecule is O=C(NCC(O)Cc1ccccc1)C(O)c1ccccc1. The fourth-order valence-corrected chi connectivity index (χ4v) is 2.06. The Morgan fingerprint density at radius 1 is 0.952 bits per heavy atom. The second-order valence-corrected chi connectivity index (χ2v) is 4.90. The van der Waals surface area contributed by atoms with Crippen molar-refractivity contribution in [3.63, 3.8) is 0 Å². The fraction of sp³-hybridized carbons (Fsp3) is 0.235. The highest BCUT2D eigenvalue weighted by atomic mass is 16.3. The number of carbonyl (C=O) groups excluding carboxylic acids is 1. The van der Waals surface area contributed by atoms with Crippen molar-refractivity contribution in [2.75, 3.05) is 6.54 Å². The molecule has 0 aliphatic carbocycles. The molecule has 0 aromatic heterocycles. The number of nitrogens with one attached hydrogen (secondary N) is 1. The van der Waals surface area contributed by atoms with Crippen LogP contribution in [-0.4, -0.2) is 28.8 Å². The van der Waals surface area contributed by atoms with Gasteiger partial charge in [0.15, 0.2) is 6.10 Å². The number of aliphatic hydroxyl groups is 2. The monoisotopic (exact) mass is 285 g/mol. The van der Waals surface area contributed by atoms with Crippen LogP contribution in [0.4, 0.5) is 0 Å². The van der Waals surface area contributed by atoms with E-state index in [0.29, 0.717) is 12.0 Å². The van der Waals surface area contributed by atoms with Gasteiger partial charge in [0.1, 0.15) is 0 Å². The van der Waals surface area contributed by atoms with Gasteiger partial charge in [0.05, 0.1) is 6.10 Å². The van der Waals surface area contributed by atoms with Crippen molar-refractivity contribution in [3.05, 3.63) is 71.8 Å². The van der Waals surface area contributed by atoms with Gasteiger partial charge < -0.3 is 15.5 Å². The molecule has 1 amide bonds. The first-order chi connectivity index (χ1) is 10.2. The lowest BCUT2D eigenvalue weighted by Crippen LogP contribution is -2.36. The summed E-state index contributed by atoms with van der Waals surface area (Å²) in [6.45, 7) is 0.109. The Labute approximate surface area is 124 Å². The first-order valence-electron chi connectivity index (χ1n) is 6.89. The zero-order valence-corrected chi connectivity index (χ0v) is 11.6. The molecule has 0 heterocycles. The molecule has 0 radical (unpaired) electrons. The van der Waals surface area contributed by atoms with Crippen LogP contribution in [0.1, 0.15) is 17.2 Å². The average molecular weight is 285 g/mol. The summed E-state index contributed by atoms with van der Waals surface area (Å²) in [4.78, 5) is 11.8. The summed E-state index contributed by atoms with van der Waals surface area (Å²) in [6.07, 6.45) is -1.43. The van der Waals surface area contributed by atoms with Gasteiger partial charge in [0, 0.05) is 13.0 Å². The lowest BCUT2D eigenvalue weighted by atomic mass is 10.1. The Morgan fingerprint density at radius 3 is 2.14 bits per heavy atom. The predicted octanol–water partition coefficient (Wildman–Crippen LogP) is 1.44. The quantitative estimate of drug-likeness (QED) is 0.752. The molecular weight excluding hydrogens is 266 g/mol. The second-order valence-electron chi connectivity index (χ2n) is 4.90. The molecule has 0 spiro atoms. The van der Waals surface area contributed by atoms with Crippen LogP contribution < -0.4 is 5.32 Å². The van der Waals surface area contributed by atoms with Gasteiger partial charge in [0.2, 0.25) is 0 Å². The van der Waals surface area contributed by atoms with Crippen molar-refractivity contribution < 1.29 is 15.0 Å². The van der Waals surface area contributed by atoms with Gasteiger partial charge in [-0.1, -0.05) is 60.7 Å². The van der Waals surface area contributed by atoms with E-state index in [1.54, 1.807) is 24.3 Å². The van der Waals surface area contributed by atoms with E-state index in [1.165, 1.54) is 0 Å². The highest BCUT2D eigenvalue weighted by Crippen LogP contribution is 2.11. The topological polar surface area (TPSA) is 69.6 Å². The highest BCUT2D eigenvalue weighted by Gasteiger charge is 2.17. The molecule has 0 aliphatic heterocycles. The van der Waals surface area contributed by atoms with Gasteiger partial charge in [0.25, 0.3) is 5.91 Å². The van der Waals surface area contributed by atoms with Crippen molar-refractivity contribution in [1.29, 1.82) is 0 Å². The molecule has 0 saturated carbocycles. The van der Waals surface area contributed by atoms with Gasteiger partial charge in [-0.05, 0) is 11.1 Å². The zero-order valence-electron chi connectivity index (χ0n) is 11.6. The van der Waals surface area contributed by atoms with Crippen LogP contribution in [0, 0.1) is 0 Å². The maximum absolute atomic E-state index is 11.8. The third-order valence-corrected chi connectivity index (χ3v) is 3.19. The Balaban J connectivity index is 1.81. The smallest absolute Gasteiger partial charge is 0.253 e. The summed E-state index contributed by atoms with van der Waals surface area (Å²) >= 11 is 0. The van der Waals surface area contributed by atoms with Crippen LogP contribution in [0.25, 0.3) is 0 Å². The number of rotatable bonds is 6. The molecule has 0 aliphatic rings. The van der Waals surface area contributed by atoms with E-state index >= 15 is 0 Å². The summed E-state index contributed by atoms with van der Waals surface area (Å²) in [5.41, 5.74) is 1.54. The molecule has 2 unspecified atom stereocenters. The van der Waals surface area contributed by atoms with Crippen LogP contribution in [-0.2, 0) is 11.2 Å². The molecule has 0 bridgehead atoms. The molecule has 21 heavy (non-hydrogen) atoms. The molecule has 110 valence electrons. The van der Waals surface area contributed by atoms with Gasteiger partial charge in [-0.2, -0.15) is 0 Å². The molecule has 3 N–H and O–H groups in total. The Hall–Kier alpha value is -2.17. The predicted molar refractivity (Wildman–Crippen MR) is 80.6 cm³/mol. The molecular formula is C17H19NO3. The summed E-state index contributed by atoms with van der Waals surface area (Å²) in [5, 5.41) is 22.4. The van der Waals surface area contributed by atoms with E-state index in [2.05, 4.69) is 5.32 Å². The van der Waals surface area contributed by atoms with Gasteiger partial charge >= 0.3 is 0 Å². The average Bonchev–Trinajstić information content (AvgIpc) is 2.53. The normalized spacial score (nSPS) is 13.4. The minimum absolute atomic E-state index is 0.109. The second kappa shape index (κ2) is 7.57. The van der Waals surface area contributed by atoms with Crippen molar-refractivity contribution in [3.8, 4) is 0 Å². The molecule has 0 saturated heterocycles. The maximum atomic E-state index is 11.8. The first kappa shape index (κ1) is 15.2. The van der Waals surface area contributed by atoms with E-state index < -0.39 is 18.1 Å². The lowest BCUT2D eigenvalue weighted by Gasteiger charge is -2.15. The summed E-state index contributed by atoms with van der Waals surface area (Å²) in [5.74, 6) is -0.506. The Bertz CT molecular complexity index is 557. The summed E-state index contributed by atoms with van der Waals surface area (Å²) in [7, 11) is 0. The largest absolute Gasteiger partial charge is 0.391 e. The molecule has 4 heteroatoms. The van der Waals surface area contributed by atoms with E-state index in [4.69, 9.17) is 0 Å². The van der Waals surface area contributed by atoms with Crippen LogP contribution in [0.3, 0.4) is 0 Å². The van der Waals surface area contributed by atoms with Crippen LogP contribution in [0.5, 0.6) is 0 Å². The molecule has 2 aromatic rings. The third-order valence-electron chi connectivity index (χ3n) is 3.19. The van der Waals surface area contributed by atoms with Crippen molar-refractivity contribution >= 4 is 5.91 Å². The minimum Gasteiger partial charge on any atom is -0.391 e. The standard InChI is InChI=1S/C17H19NO3/c19-15(11-13-7-3-1-4-8-13)12-18-17(21)16(20)14-9-5-2-6-10-14/h1-10,15-16,19-20H,11-12H2,(H,18,21). The maximum Gasteiger partial charge on any atom is 0.253 e. The first-order valence-corrected chi connectivity index (χ1v) is 6.89. The molecule has 2 aromatic carbocycles. The third kappa shape index (κ3) is 4.70. The molecule has 2 rings (SSSR count). The van der Waals surface area contributed by atoms with E-state index in [9.17, 15) is 15.0 Å². The molecule has 0 fully saturated rings. The van der Waals surface area contributed by atoms with Crippen molar-refractivity contribution in [2.45, 2.75) is 18.6 Å². The van der Waals surface area contributed by atoms with E-state index in [-0.39, 0.29) is 6.54 Å². The van der Waals surface area contributed by atoms with Crippen molar-refractivity contribution in [1.82, 2.24) is 5.32 Å². The zero-order chi connectivity index (χ0) is 15.1. The summed E-state index contributed by atoms with van der Waals surface area (Å²) < 4.78 is 0. The number of hydrogen-bond donors (Lipinski definition) is 3. The van der Waals surface area contributed by atoms with Crippen molar-refractivity contribution in [2.24, 2.45) is 0 Å². The summed E-state index contributed by atoms with van der Waals surface area (Å²) in [6, 6.07) is 18.3. The van der Waals surface area contributed by atoms with Crippen LogP contribution in [0.15, 0.2) is 60.7 Å². The number of carbonyl (C=O) groups is 1. The van der Waals surface area contributed by atoms with Crippen LogP contribution in [0.2, 0.25) is 0 Å². The highest BCUT2D eigenvalue weighted by molar-refractivity contribution is 5.81. The fourth-order valence-electron chi connectivity index (χ4n) is 2.06. The van der Waals surface area contributed by atoms with E-state index in [1.807, 2.05) is 36.4 Å².